The van der Waals surface area contributed by atoms with Crippen molar-refractivity contribution in [2.45, 2.75) is 65.8 Å². The highest BCUT2D eigenvalue weighted by atomic mass is 16.4. The zero-order valence-corrected chi connectivity index (χ0v) is 25.7. The van der Waals surface area contributed by atoms with Crippen LogP contribution in [0.2, 0.25) is 0 Å². The largest absolute Gasteiger partial charge is 0.481 e. The lowest BCUT2D eigenvalue weighted by atomic mass is 9.93. The molecule has 0 saturated carbocycles. The summed E-state index contributed by atoms with van der Waals surface area (Å²) in [4.78, 5) is 63.5. The predicted octanol–water partition coefficient (Wildman–Crippen LogP) is 4.71. The lowest BCUT2D eigenvalue weighted by molar-refractivity contribution is -0.138. The Morgan fingerprint density at radius 2 is 1.44 bits per heavy atom. The summed E-state index contributed by atoms with van der Waals surface area (Å²) in [6.45, 7) is 14.9. The van der Waals surface area contributed by atoms with Crippen LogP contribution in [-0.2, 0) is 32.0 Å². The van der Waals surface area contributed by atoms with Gasteiger partial charge in [-0.2, -0.15) is 4.91 Å². The summed E-state index contributed by atoms with van der Waals surface area (Å²) in [6, 6.07) is -0.398. The highest BCUT2D eigenvalue weighted by Gasteiger charge is 2.30. The van der Waals surface area contributed by atoms with E-state index >= 15 is 0 Å². The molecule has 0 spiro atoms. The van der Waals surface area contributed by atoms with E-state index in [1.807, 2.05) is 26.8 Å². The van der Waals surface area contributed by atoms with E-state index < -0.39 is 18.0 Å². The number of aromatic nitrogens is 1. The number of nitroso groups, excluding NO2 is 1. The van der Waals surface area contributed by atoms with Crippen LogP contribution in [-0.4, -0.2) is 50.7 Å². The van der Waals surface area contributed by atoms with Gasteiger partial charge in [-0.25, -0.2) is 0 Å². The van der Waals surface area contributed by atoms with Gasteiger partial charge in [-0.15, -0.1) is 0 Å². The fraction of sp³-hybridized carbons (Fsp3) is 0.303. The summed E-state index contributed by atoms with van der Waals surface area (Å²) in [6.07, 6.45) is 7.58. The molecule has 0 radical (unpaired) electrons. The highest BCUT2D eigenvalue weighted by Crippen LogP contribution is 2.33. The molecule has 1 aromatic rings. The third kappa shape index (κ3) is 7.23. The summed E-state index contributed by atoms with van der Waals surface area (Å²) in [5.74, 6) is -2.29. The van der Waals surface area contributed by atoms with E-state index in [0.29, 0.717) is 46.7 Å². The van der Waals surface area contributed by atoms with E-state index in [2.05, 4.69) is 34.4 Å². The number of carbonyl (C=O) groups excluding carboxylic acids is 2. The third-order valence-corrected chi connectivity index (χ3v) is 8.23. The number of carboxylic acids is 2. The van der Waals surface area contributed by atoms with E-state index in [1.54, 1.807) is 19.1 Å². The quantitative estimate of drug-likeness (QED) is 0.183. The number of aromatic amines is 1. The second-order valence-electron chi connectivity index (χ2n) is 10.8. The highest BCUT2D eigenvalue weighted by molar-refractivity contribution is 6.13. The summed E-state index contributed by atoms with van der Waals surface area (Å²) in [5.41, 5.74) is 13.8. The number of hydrogen-bond acceptors (Lipinski definition) is 7. The number of H-pyrrole nitrogens is 1. The van der Waals surface area contributed by atoms with E-state index in [9.17, 15) is 29.4 Å². The maximum atomic E-state index is 12.3. The molecule has 12 heteroatoms. The number of rotatable bonds is 12. The Balaban J connectivity index is 0.00000271. The van der Waals surface area contributed by atoms with Crippen LogP contribution in [0.15, 0.2) is 81.2 Å². The Bertz CT molecular complexity index is 1680. The standard InChI is InChI=1S/C33H36N4O6.HNO/c1-7-20-19(6)32(42)37-27(20)14-25-18(5)23(10-12-31(40)41)29(35-25)15-28-22(9-11-30(38)39)17(4)24(34-28)13-26-16(3)21(8-2)33(43)36-26;1-2/h7-8,13-14,28,35H,1-2,9-12,15H2,3-6H3,(H,36,43)(H,37,42)(H,38,39)(H,40,41);1H/b26-13-,27-14-;. The van der Waals surface area contributed by atoms with Gasteiger partial charge in [0.25, 0.3) is 11.8 Å². The molecule has 4 heterocycles. The van der Waals surface area contributed by atoms with Crippen LogP contribution in [0.3, 0.4) is 0 Å². The van der Waals surface area contributed by atoms with Gasteiger partial charge < -0.3 is 25.8 Å². The van der Waals surface area contributed by atoms with Crippen LogP contribution in [0.1, 0.15) is 62.5 Å². The van der Waals surface area contributed by atoms with Gasteiger partial charge in [0.15, 0.2) is 0 Å². The maximum absolute atomic E-state index is 12.3. The fourth-order valence-electron chi connectivity index (χ4n) is 5.72. The van der Waals surface area contributed by atoms with Crippen molar-refractivity contribution >= 4 is 35.5 Å². The summed E-state index contributed by atoms with van der Waals surface area (Å²) in [5, 5.41) is 24.6. The van der Waals surface area contributed by atoms with Crippen LogP contribution in [0, 0.1) is 17.4 Å². The number of nitrogens with one attached hydrogen (secondary N) is 4. The predicted molar refractivity (Wildman–Crippen MR) is 170 cm³/mol. The number of nitrogens with zero attached hydrogens (tertiary/aromatic N) is 1. The molecule has 1 aromatic heterocycles. The van der Waals surface area contributed by atoms with Gasteiger partial charge in [-0.3, -0.25) is 24.2 Å². The molecular weight excluding hydrogens is 578 g/mol. The first-order valence-corrected chi connectivity index (χ1v) is 14.2. The molecule has 45 heavy (non-hydrogen) atoms. The molecule has 0 aliphatic carbocycles. The van der Waals surface area contributed by atoms with Crippen molar-refractivity contribution in [1.82, 2.24) is 15.6 Å². The van der Waals surface area contributed by atoms with Crippen LogP contribution >= 0.6 is 0 Å². The summed E-state index contributed by atoms with van der Waals surface area (Å²) in [7, 11) is 0. The zero-order valence-electron chi connectivity index (χ0n) is 25.7. The van der Waals surface area contributed by atoms with Crippen LogP contribution < -0.4 is 10.6 Å². The Hall–Kier alpha value is -5.39. The molecule has 3 aliphatic rings. The van der Waals surface area contributed by atoms with Crippen molar-refractivity contribution in [3.63, 3.8) is 0 Å². The summed E-state index contributed by atoms with van der Waals surface area (Å²) >= 11 is 0. The van der Waals surface area contributed by atoms with E-state index in [0.717, 1.165) is 39.2 Å². The van der Waals surface area contributed by atoms with Gasteiger partial charge in [0.05, 0.1) is 17.5 Å². The molecule has 12 nitrogen and oxygen atoms in total. The minimum Gasteiger partial charge on any atom is -0.481 e. The average molecular weight is 616 g/mol. The molecule has 1 unspecified atom stereocenters. The zero-order chi connectivity index (χ0) is 33.6. The Morgan fingerprint density at radius 1 is 0.844 bits per heavy atom. The second kappa shape index (κ2) is 14.4. The molecule has 0 saturated heterocycles. The normalized spacial score (nSPS) is 19.6. The monoisotopic (exact) mass is 615 g/mol. The van der Waals surface area contributed by atoms with Crippen LogP contribution in [0.25, 0.3) is 6.08 Å². The Morgan fingerprint density at radius 3 is 2.02 bits per heavy atom. The molecule has 1 atom stereocenters. The smallest absolute Gasteiger partial charge is 0.303 e. The number of carboxylic acid groups (broad SMARTS) is 2. The molecule has 236 valence electrons. The van der Waals surface area contributed by atoms with Gasteiger partial charge in [0.1, 0.15) is 0 Å². The van der Waals surface area contributed by atoms with Crippen LogP contribution in [0.5, 0.6) is 0 Å². The van der Waals surface area contributed by atoms with E-state index in [4.69, 9.17) is 9.90 Å². The van der Waals surface area contributed by atoms with Gasteiger partial charge in [0, 0.05) is 53.1 Å². The fourth-order valence-corrected chi connectivity index (χ4v) is 5.72. The minimum atomic E-state index is -0.923. The molecule has 2 amide bonds. The van der Waals surface area contributed by atoms with Crippen molar-refractivity contribution < 1.29 is 29.4 Å². The molecular formula is C33H37N5O7. The van der Waals surface area contributed by atoms with E-state index in [-0.39, 0.29) is 31.1 Å². The first-order valence-electron chi connectivity index (χ1n) is 14.2. The topological polar surface area (TPSA) is 202 Å². The SMILES string of the molecule is C=CC1=C(C)/C(=C/C2=NC(Cc3[nH]c(/C=C4\NC(=O)C(C)=C4C=C)c(C)c3CCC(=O)O)C(CCC(=O)O)=C2C)NC1=O.N=O. The molecule has 3 aliphatic heterocycles. The van der Waals surface area contributed by atoms with Crippen molar-refractivity contribution in [2.75, 3.05) is 0 Å². The Kier molecular flexibility index (Phi) is 10.9. The number of aliphatic imine (C=N–C) groups is 1. The van der Waals surface area contributed by atoms with Gasteiger partial charge in [-0.1, -0.05) is 30.9 Å². The molecule has 0 fully saturated rings. The number of hydrogen-bond donors (Lipinski definition) is 6. The van der Waals surface area contributed by atoms with Crippen molar-refractivity contribution in [2.24, 2.45) is 4.99 Å². The number of allylic oxidation sites excluding steroid dienone is 4. The maximum Gasteiger partial charge on any atom is 0.303 e. The third-order valence-electron chi connectivity index (χ3n) is 8.23. The molecule has 6 N–H and O–H groups in total. The molecule has 0 aromatic carbocycles. The van der Waals surface area contributed by atoms with Crippen molar-refractivity contribution in [1.29, 1.82) is 5.59 Å². The first kappa shape index (κ1) is 34.1. The first-order chi connectivity index (χ1) is 21.4. The van der Waals surface area contributed by atoms with Gasteiger partial charge >= 0.3 is 11.9 Å². The number of amides is 2. The van der Waals surface area contributed by atoms with Crippen molar-refractivity contribution in [3.05, 3.63) is 104 Å². The molecule has 0 bridgehead atoms. The van der Waals surface area contributed by atoms with Crippen molar-refractivity contribution in [3.8, 4) is 0 Å². The summed E-state index contributed by atoms with van der Waals surface area (Å²) < 4.78 is 0. The minimum absolute atomic E-state index is 0.0679. The lowest BCUT2D eigenvalue weighted by Crippen LogP contribution is -2.16. The number of aliphatic carboxylic acids is 2. The average Bonchev–Trinajstić information content (AvgIpc) is 3.64. The lowest BCUT2D eigenvalue weighted by Gasteiger charge is -2.14. The number of carbonyl (C=O) groups is 4. The van der Waals surface area contributed by atoms with E-state index in [1.165, 1.54) is 6.08 Å². The van der Waals surface area contributed by atoms with Gasteiger partial charge in [-0.05, 0) is 80.5 Å². The van der Waals surface area contributed by atoms with Crippen LogP contribution in [0.4, 0.5) is 0 Å². The van der Waals surface area contributed by atoms with Gasteiger partial charge in [0.2, 0.25) is 0 Å². The Labute approximate surface area is 260 Å². The molecule has 4 rings (SSSR count). The second-order valence-corrected chi connectivity index (χ2v) is 10.8.